The van der Waals surface area contributed by atoms with Crippen molar-refractivity contribution in [2.75, 3.05) is 12.3 Å². The van der Waals surface area contributed by atoms with Crippen molar-refractivity contribution in [2.45, 2.75) is 6.54 Å². The summed E-state index contributed by atoms with van der Waals surface area (Å²) in [6.07, 6.45) is 1.39. The molecule has 0 fully saturated rings. The molecule has 0 atom stereocenters. The van der Waals surface area contributed by atoms with E-state index in [1.165, 1.54) is 12.3 Å². The Kier molecular flexibility index (Phi) is 4.96. The standard InChI is InChI=1S/C27H20FN5OS/c1-15(16-8-9-30-24(28)12-16)13-33-14-20-18(5-6-21(29)25(20)27(33)34)17-4-7-22-19(11-17)26(32-31-22)23-3-2-10-35-23/h2-12H,1,13-14,29H2,(H,31,32). The number of H-pyrrole nitrogens is 1. The number of benzene rings is 2. The van der Waals surface area contributed by atoms with Crippen LogP contribution in [0.5, 0.6) is 0 Å². The number of aromatic nitrogens is 3. The SMILES string of the molecule is C=C(CN1Cc2c(-c3ccc4[nH]nc(-c5cccs5)c4c3)ccc(N)c2C1=O)c1ccnc(F)c1. The molecule has 2 aromatic carbocycles. The minimum atomic E-state index is -0.581. The molecular weight excluding hydrogens is 461 g/mol. The number of aromatic amines is 1. The summed E-state index contributed by atoms with van der Waals surface area (Å²) in [7, 11) is 0. The Morgan fingerprint density at radius 3 is 2.89 bits per heavy atom. The lowest BCUT2D eigenvalue weighted by Gasteiger charge is -2.17. The molecular formula is C27H20FN5OS. The highest BCUT2D eigenvalue weighted by Crippen LogP contribution is 2.39. The number of fused-ring (bicyclic) bond motifs is 2. The Morgan fingerprint density at radius 2 is 2.09 bits per heavy atom. The molecule has 0 spiro atoms. The summed E-state index contributed by atoms with van der Waals surface area (Å²) in [4.78, 5) is 19.7. The van der Waals surface area contributed by atoms with Gasteiger partial charge in [0.25, 0.3) is 5.91 Å². The van der Waals surface area contributed by atoms with E-state index in [2.05, 4.69) is 27.8 Å². The van der Waals surface area contributed by atoms with Crippen LogP contribution in [0.1, 0.15) is 21.5 Å². The van der Waals surface area contributed by atoms with Gasteiger partial charge in [-0.15, -0.1) is 11.3 Å². The van der Waals surface area contributed by atoms with Crippen molar-refractivity contribution in [1.82, 2.24) is 20.1 Å². The third-order valence-electron chi connectivity index (χ3n) is 6.34. The maximum Gasteiger partial charge on any atom is 0.256 e. The van der Waals surface area contributed by atoms with Crippen molar-refractivity contribution in [3.8, 4) is 21.7 Å². The summed E-state index contributed by atoms with van der Waals surface area (Å²) in [5.74, 6) is -0.735. The Bertz CT molecular complexity index is 1620. The lowest BCUT2D eigenvalue weighted by atomic mass is 9.94. The predicted molar refractivity (Wildman–Crippen MR) is 137 cm³/mol. The summed E-state index contributed by atoms with van der Waals surface area (Å²) in [5, 5.41) is 10.7. The first-order valence-electron chi connectivity index (χ1n) is 11.0. The zero-order valence-electron chi connectivity index (χ0n) is 18.6. The van der Waals surface area contributed by atoms with Gasteiger partial charge < -0.3 is 10.6 Å². The molecule has 3 N–H and O–H groups in total. The van der Waals surface area contributed by atoms with Crippen molar-refractivity contribution < 1.29 is 9.18 Å². The van der Waals surface area contributed by atoms with E-state index in [0.29, 0.717) is 28.9 Å². The number of pyridine rings is 1. The number of hydrogen-bond donors (Lipinski definition) is 2. The van der Waals surface area contributed by atoms with E-state index in [0.717, 1.165) is 38.2 Å². The van der Waals surface area contributed by atoms with Crippen LogP contribution in [0, 0.1) is 5.95 Å². The molecule has 0 saturated heterocycles. The number of thiophene rings is 1. The number of amides is 1. The number of nitrogens with zero attached hydrogens (tertiary/aromatic N) is 3. The summed E-state index contributed by atoms with van der Waals surface area (Å²) < 4.78 is 13.6. The first-order chi connectivity index (χ1) is 17.0. The molecule has 5 aromatic rings. The van der Waals surface area contributed by atoms with Gasteiger partial charge >= 0.3 is 0 Å². The fourth-order valence-electron chi connectivity index (χ4n) is 4.63. The molecule has 1 amide bonds. The largest absolute Gasteiger partial charge is 0.398 e. The highest BCUT2D eigenvalue weighted by molar-refractivity contribution is 7.13. The maximum absolute atomic E-state index is 13.6. The van der Waals surface area contributed by atoms with Gasteiger partial charge in [-0.25, -0.2) is 4.98 Å². The Balaban J connectivity index is 1.37. The second-order valence-electron chi connectivity index (χ2n) is 8.50. The number of hydrogen-bond acceptors (Lipinski definition) is 5. The third kappa shape index (κ3) is 3.59. The Labute approximate surface area is 204 Å². The van der Waals surface area contributed by atoms with Gasteiger partial charge in [-0.05, 0) is 63.5 Å². The second kappa shape index (κ2) is 8.18. The number of carbonyl (C=O) groups excluding carboxylic acids is 1. The normalized spacial score (nSPS) is 12.9. The number of rotatable bonds is 5. The van der Waals surface area contributed by atoms with Crippen LogP contribution in [0.4, 0.5) is 10.1 Å². The van der Waals surface area contributed by atoms with Crippen LogP contribution in [-0.2, 0) is 6.54 Å². The monoisotopic (exact) mass is 481 g/mol. The van der Waals surface area contributed by atoms with Gasteiger partial charge in [0, 0.05) is 36.4 Å². The van der Waals surface area contributed by atoms with Gasteiger partial charge in [-0.3, -0.25) is 9.89 Å². The number of nitrogens with two attached hydrogens (primary N) is 1. The number of nitrogens with one attached hydrogen (secondary N) is 1. The highest BCUT2D eigenvalue weighted by atomic mass is 32.1. The molecule has 0 aliphatic carbocycles. The molecule has 6 rings (SSSR count). The van der Waals surface area contributed by atoms with Crippen LogP contribution >= 0.6 is 11.3 Å². The zero-order valence-corrected chi connectivity index (χ0v) is 19.4. The fraction of sp³-hybridized carbons (Fsp3) is 0.0741. The van der Waals surface area contributed by atoms with E-state index in [1.54, 1.807) is 28.4 Å². The lowest BCUT2D eigenvalue weighted by Crippen LogP contribution is -2.26. The molecule has 172 valence electrons. The molecule has 1 aliphatic heterocycles. The van der Waals surface area contributed by atoms with Crippen LogP contribution in [0.25, 0.3) is 38.2 Å². The fourth-order valence-corrected chi connectivity index (χ4v) is 5.36. The Morgan fingerprint density at radius 1 is 1.20 bits per heavy atom. The van der Waals surface area contributed by atoms with Gasteiger partial charge in [-0.1, -0.05) is 24.8 Å². The van der Waals surface area contributed by atoms with Gasteiger partial charge in [0.15, 0.2) is 0 Å². The van der Waals surface area contributed by atoms with Crippen LogP contribution in [0.15, 0.2) is 72.8 Å². The first-order valence-corrected chi connectivity index (χ1v) is 11.9. The molecule has 0 saturated carbocycles. The molecule has 4 heterocycles. The van der Waals surface area contributed by atoms with Gasteiger partial charge in [-0.2, -0.15) is 9.49 Å². The van der Waals surface area contributed by atoms with E-state index >= 15 is 0 Å². The molecule has 3 aromatic heterocycles. The van der Waals surface area contributed by atoms with Crippen molar-refractivity contribution in [2.24, 2.45) is 0 Å². The molecule has 0 unspecified atom stereocenters. The molecule has 0 radical (unpaired) electrons. The van der Waals surface area contributed by atoms with Crippen LogP contribution in [0.2, 0.25) is 0 Å². The van der Waals surface area contributed by atoms with E-state index < -0.39 is 5.95 Å². The summed E-state index contributed by atoms with van der Waals surface area (Å²) in [6, 6.07) is 16.9. The Hall–Kier alpha value is -4.30. The quantitative estimate of drug-likeness (QED) is 0.247. The average molecular weight is 482 g/mol. The van der Waals surface area contributed by atoms with Gasteiger partial charge in [0.05, 0.1) is 16.0 Å². The van der Waals surface area contributed by atoms with Crippen molar-refractivity contribution in [3.05, 3.63) is 95.4 Å². The van der Waals surface area contributed by atoms with Crippen molar-refractivity contribution in [3.63, 3.8) is 0 Å². The molecule has 35 heavy (non-hydrogen) atoms. The van der Waals surface area contributed by atoms with Crippen molar-refractivity contribution in [1.29, 1.82) is 0 Å². The number of halogens is 1. The summed E-state index contributed by atoms with van der Waals surface area (Å²) in [6.45, 7) is 4.72. The summed E-state index contributed by atoms with van der Waals surface area (Å²) >= 11 is 1.64. The molecule has 6 nitrogen and oxygen atoms in total. The van der Waals surface area contributed by atoms with Crippen LogP contribution in [-0.4, -0.2) is 32.5 Å². The van der Waals surface area contributed by atoms with E-state index in [9.17, 15) is 9.18 Å². The zero-order chi connectivity index (χ0) is 24.1. The maximum atomic E-state index is 13.6. The molecule has 8 heteroatoms. The lowest BCUT2D eigenvalue weighted by molar-refractivity contribution is 0.0800. The van der Waals surface area contributed by atoms with Crippen LogP contribution in [0.3, 0.4) is 0 Å². The van der Waals surface area contributed by atoms with Gasteiger partial charge in [0.1, 0.15) is 5.69 Å². The average Bonchev–Trinajstić information content (AvgIpc) is 3.59. The first kappa shape index (κ1) is 21.2. The van der Waals surface area contributed by atoms with Crippen LogP contribution < -0.4 is 5.73 Å². The minimum Gasteiger partial charge on any atom is -0.398 e. The summed E-state index contributed by atoms with van der Waals surface area (Å²) in [5.41, 5.74) is 13.1. The smallest absolute Gasteiger partial charge is 0.256 e. The van der Waals surface area contributed by atoms with E-state index in [-0.39, 0.29) is 12.5 Å². The molecule has 0 bridgehead atoms. The second-order valence-corrected chi connectivity index (χ2v) is 9.45. The minimum absolute atomic E-state index is 0.154. The topological polar surface area (TPSA) is 87.9 Å². The number of anilines is 1. The highest BCUT2D eigenvalue weighted by Gasteiger charge is 2.32. The van der Waals surface area contributed by atoms with E-state index in [1.807, 2.05) is 35.7 Å². The van der Waals surface area contributed by atoms with E-state index in [4.69, 9.17) is 5.73 Å². The van der Waals surface area contributed by atoms with Crippen molar-refractivity contribution >= 4 is 39.4 Å². The van der Waals surface area contributed by atoms with Gasteiger partial charge in [0.2, 0.25) is 5.95 Å². The number of nitrogen functional groups attached to an aromatic ring is 1. The molecule has 1 aliphatic rings. The predicted octanol–water partition coefficient (Wildman–Crippen LogP) is 5.74. The number of carbonyl (C=O) groups is 1. The third-order valence-corrected chi connectivity index (χ3v) is 7.22.